The molecule has 1 aliphatic heterocycles. The Morgan fingerprint density at radius 1 is 1.44 bits per heavy atom. The summed E-state index contributed by atoms with van der Waals surface area (Å²) in [5, 5.41) is 4.48. The van der Waals surface area contributed by atoms with E-state index in [1.165, 1.54) is 22.7 Å². The van der Waals surface area contributed by atoms with Crippen molar-refractivity contribution in [2.24, 2.45) is 5.92 Å². The number of nitrogens with one attached hydrogen (secondary N) is 1. The quantitative estimate of drug-likeness (QED) is 0.884. The highest BCUT2D eigenvalue weighted by molar-refractivity contribution is 7.13. The van der Waals surface area contributed by atoms with E-state index >= 15 is 0 Å². The molecule has 2 aromatic rings. The van der Waals surface area contributed by atoms with Gasteiger partial charge in [-0.05, 0) is 36.6 Å². The van der Waals surface area contributed by atoms with Gasteiger partial charge in [0, 0.05) is 12.5 Å². The van der Waals surface area contributed by atoms with E-state index in [2.05, 4.69) is 21.8 Å². The highest BCUT2D eigenvalue weighted by Crippen LogP contribution is 2.28. The van der Waals surface area contributed by atoms with Crippen LogP contribution in [0.1, 0.15) is 6.42 Å². The molecule has 1 aromatic heterocycles. The molecule has 0 spiro atoms. The number of rotatable bonds is 3. The standard InChI is InChI=1S/C12H14N2OS/c1-2-4-11-10(3-1)12(14-16-11)15-8-9-5-6-13-7-9/h1-4,9,13H,5-8H2/t9-/m1/s1. The summed E-state index contributed by atoms with van der Waals surface area (Å²) in [6.07, 6.45) is 1.21. The Kier molecular flexibility index (Phi) is 2.76. The predicted octanol–water partition coefficient (Wildman–Crippen LogP) is 2.28. The maximum Gasteiger partial charge on any atom is 0.233 e. The van der Waals surface area contributed by atoms with Gasteiger partial charge in [0.2, 0.25) is 5.88 Å². The lowest BCUT2D eigenvalue weighted by atomic mass is 10.1. The number of nitrogens with zero attached hydrogens (tertiary/aromatic N) is 1. The number of benzene rings is 1. The lowest BCUT2D eigenvalue weighted by Crippen LogP contribution is -2.15. The molecule has 3 rings (SSSR count). The summed E-state index contributed by atoms with van der Waals surface area (Å²) in [7, 11) is 0. The second kappa shape index (κ2) is 4.39. The molecule has 0 saturated carbocycles. The molecule has 1 aliphatic rings. The average molecular weight is 234 g/mol. The van der Waals surface area contributed by atoms with Gasteiger partial charge < -0.3 is 10.1 Å². The van der Waals surface area contributed by atoms with Crippen molar-refractivity contribution in [3.63, 3.8) is 0 Å². The topological polar surface area (TPSA) is 34.1 Å². The molecular formula is C12H14N2OS. The number of fused-ring (bicyclic) bond motifs is 1. The van der Waals surface area contributed by atoms with Crippen LogP contribution in [0.4, 0.5) is 0 Å². The first-order valence-electron chi connectivity index (χ1n) is 5.61. The van der Waals surface area contributed by atoms with Gasteiger partial charge in [0.15, 0.2) is 0 Å². The fraction of sp³-hybridized carbons (Fsp3) is 0.417. The van der Waals surface area contributed by atoms with Gasteiger partial charge in [-0.1, -0.05) is 12.1 Å². The van der Waals surface area contributed by atoms with Crippen LogP contribution in [0.2, 0.25) is 0 Å². The first-order chi connectivity index (χ1) is 7.93. The van der Waals surface area contributed by atoms with Crippen LogP contribution < -0.4 is 10.1 Å². The van der Waals surface area contributed by atoms with Gasteiger partial charge in [-0.3, -0.25) is 0 Å². The summed E-state index contributed by atoms with van der Waals surface area (Å²) in [4.78, 5) is 0. The lowest BCUT2D eigenvalue weighted by molar-refractivity contribution is 0.256. The van der Waals surface area contributed by atoms with E-state index in [0.717, 1.165) is 31.0 Å². The van der Waals surface area contributed by atoms with Crippen LogP contribution in [0.5, 0.6) is 5.88 Å². The first kappa shape index (κ1) is 10.1. The number of hydrogen-bond acceptors (Lipinski definition) is 4. The molecular weight excluding hydrogens is 220 g/mol. The van der Waals surface area contributed by atoms with Crippen molar-refractivity contribution in [3.8, 4) is 5.88 Å². The van der Waals surface area contributed by atoms with Gasteiger partial charge in [0.05, 0.1) is 16.7 Å². The monoisotopic (exact) mass is 234 g/mol. The van der Waals surface area contributed by atoms with Gasteiger partial charge in [-0.2, -0.15) is 4.37 Å². The Morgan fingerprint density at radius 2 is 2.38 bits per heavy atom. The van der Waals surface area contributed by atoms with Crippen LogP contribution in [-0.2, 0) is 0 Å². The van der Waals surface area contributed by atoms with E-state index in [0.29, 0.717) is 5.92 Å². The van der Waals surface area contributed by atoms with Crippen molar-refractivity contribution < 1.29 is 4.74 Å². The van der Waals surface area contributed by atoms with Gasteiger partial charge in [-0.15, -0.1) is 0 Å². The molecule has 0 bridgehead atoms. The minimum Gasteiger partial charge on any atom is -0.476 e. The van der Waals surface area contributed by atoms with Gasteiger partial charge in [0.25, 0.3) is 0 Å². The maximum absolute atomic E-state index is 5.80. The van der Waals surface area contributed by atoms with Crippen LogP contribution >= 0.6 is 11.5 Å². The molecule has 84 valence electrons. The number of aromatic nitrogens is 1. The molecule has 1 atom stereocenters. The van der Waals surface area contributed by atoms with E-state index in [9.17, 15) is 0 Å². The summed E-state index contributed by atoms with van der Waals surface area (Å²) in [6, 6.07) is 8.21. The fourth-order valence-electron chi connectivity index (χ4n) is 2.02. The van der Waals surface area contributed by atoms with Crippen LogP contribution in [-0.4, -0.2) is 24.1 Å². The fourth-order valence-corrected chi connectivity index (χ4v) is 2.75. The second-order valence-corrected chi connectivity index (χ2v) is 4.96. The molecule has 2 heterocycles. The van der Waals surface area contributed by atoms with Gasteiger partial charge in [-0.25, -0.2) is 0 Å². The highest BCUT2D eigenvalue weighted by atomic mass is 32.1. The van der Waals surface area contributed by atoms with Gasteiger partial charge >= 0.3 is 0 Å². The summed E-state index contributed by atoms with van der Waals surface area (Å²) in [5.74, 6) is 1.44. The summed E-state index contributed by atoms with van der Waals surface area (Å²) in [6.45, 7) is 2.97. The third-order valence-electron chi connectivity index (χ3n) is 2.96. The SMILES string of the molecule is c1ccc2c(OC[C@@H]3CCNC3)nsc2c1. The second-order valence-electron chi connectivity index (χ2n) is 4.15. The van der Waals surface area contributed by atoms with Crippen LogP contribution in [0.15, 0.2) is 24.3 Å². The van der Waals surface area contributed by atoms with Crippen molar-refractivity contribution >= 4 is 21.6 Å². The Hall–Kier alpha value is -1.13. The molecule has 0 aliphatic carbocycles. The zero-order valence-corrected chi connectivity index (χ0v) is 9.80. The number of hydrogen-bond donors (Lipinski definition) is 1. The highest BCUT2D eigenvalue weighted by Gasteiger charge is 2.16. The van der Waals surface area contributed by atoms with Gasteiger partial charge in [0.1, 0.15) is 0 Å². The molecule has 16 heavy (non-hydrogen) atoms. The Labute approximate surface area is 98.6 Å². The Bertz CT molecular complexity index is 477. The Balaban J connectivity index is 1.73. The minimum absolute atomic E-state index is 0.639. The minimum atomic E-state index is 0.639. The zero-order valence-electron chi connectivity index (χ0n) is 8.98. The predicted molar refractivity (Wildman–Crippen MR) is 66.1 cm³/mol. The van der Waals surface area contributed by atoms with E-state index in [-0.39, 0.29) is 0 Å². The molecule has 3 nitrogen and oxygen atoms in total. The molecule has 4 heteroatoms. The molecule has 1 fully saturated rings. The van der Waals surface area contributed by atoms with Crippen molar-refractivity contribution in [2.45, 2.75) is 6.42 Å². The third-order valence-corrected chi connectivity index (χ3v) is 3.77. The van der Waals surface area contributed by atoms with E-state index in [1.807, 2.05) is 12.1 Å². The summed E-state index contributed by atoms with van der Waals surface area (Å²) >= 11 is 1.51. The molecule has 1 aromatic carbocycles. The molecule has 0 radical (unpaired) electrons. The van der Waals surface area contributed by atoms with Crippen molar-refractivity contribution in [1.82, 2.24) is 9.69 Å². The average Bonchev–Trinajstić information content (AvgIpc) is 2.96. The van der Waals surface area contributed by atoms with E-state index in [4.69, 9.17) is 4.74 Å². The first-order valence-corrected chi connectivity index (χ1v) is 6.39. The Morgan fingerprint density at radius 3 is 3.25 bits per heavy atom. The van der Waals surface area contributed by atoms with E-state index in [1.54, 1.807) is 0 Å². The largest absolute Gasteiger partial charge is 0.476 e. The zero-order chi connectivity index (χ0) is 10.8. The summed E-state index contributed by atoms with van der Waals surface area (Å²) in [5.41, 5.74) is 0. The third kappa shape index (κ3) is 1.90. The lowest BCUT2D eigenvalue weighted by Gasteiger charge is -2.08. The molecule has 1 saturated heterocycles. The van der Waals surface area contributed by atoms with Crippen molar-refractivity contribution in [1.29, 1.82) is 0 Å². The van der Waals surface area contributed by atoms with Crippen LogP contribution in [0.25, 0.3) is 10.1 Å². The van der Waals surface area contributed by atoms with Crippen molar-refractivity contribution in [3.05, 3.63) is 24.3 Å². The smallest absolute Gasteiger partial charge is 0.233 e. The number of ether oxygens (including phenoxy) is 1. The normalized spacial score (nSPS) is 20.4. The molecule has 0 unspecified atom stereocenters. The van der Waals surface area contributed by atoms with Crippen LogP contribution in [0.3, 0.4) is 0 Å². The maximum atomic E-state index is 5.80. The molecule has 0 amide bonds. The summed E-state index contributed by atoms with van der Waals surface area (Å²) < 4.78 is 11.4. The van der Waals surface area contributed by atoms with Crippen LogP contribution in [0, 0.1) is 5.92 Å². The van der Waals surface area contributed by atoms with Crippen molar-refractivity contribution in [2.75, 3.05) is 19.7 Å². The molecule has 1 N–H and O–H groups in total. The van der Waals surface area contributed by atoms with E-state index < -0.39 is 0 Å².